The Bertz CT molecular complexity index is 705. The second kappa shape index (κ2) is 8.29. The lowest BCUT2D eigenvalue weighted by molar-refractivity contribution is 0.246. The van der Waals surface area contributed by atoms with Crippen molar-refractivity contribution in [2.24, 2.45) is 0 Å². The number of halogens is 2. The van der Waals surface area contributed by atoms with Gasteiger partial charge in [-0.05, 0) is 29.7 Å². The third-order valence-corrected chi connectivity index (χ3v) is 3.37. The van der Waals surface area contributed by atoms with E-state index in [-0.39, 0.29) is 30.9 Å². The average molecular weight is 334 g/mol. The molecule has 0 radical (unpaired) electrons. The number of hydrogen-bond acceptors (Lipinski definition) is 2. The van der Waals surface area contributed by atoms with E-state index < -0.39 is 11.6 Å². The molecule has 6 heteroatoms. The van der Waals surface area contributed by atoms with Gasteiger partial charge in [0.1, 0.15) is 12.4 Å². The normalized spacial score (nSPS) is 10.5. The van der Waals surface area contributed by atoms with E-state index in [4.69, 9.17) is 4.74 Å². The van der Waals surface area contributed by atoms with Gasteiger partial charge in [0, 0.05) is 11.8 Å². The molecule has 2 aromatic rings. The predicted octanol–water partition coefficient (Wildman–Crippen LogP) is 4.29. The van der Waals surface area contributed by atoms with Crippen molar-refractivity contribution in [3.63, 3.8) is 0 Å². The molecule has 0 aromatic heterocycles. The molecule has 2 rings (SSSR count). The zero-order valence-electron chi connectivity index (χ0n) is 13.6. The van der Waals surface area contributed by atoms with Crippen LogP contribution < -0.4 is 15.4 Å². The van der Waals surface area contributed by atoms with Gasteiger partial charge >= 0.3 is 6.03 Å². The fraction of sp³-hybridized carbons (Fsp3) is 0.278. The second-order valence-corrected chi connectivity index (χ2v) is 5.55. The van der Waals surface area contributed by atoms with Gasteiger partial charge < -0.3 is 15.4 Å². The van der Waals surface area contributed by atoms with Gasteiger partial charge in [-0.1, -0.05) is 32.0 Å². The van der Waals surface area contributed by atoms with Crippen molar-refractivity contribution in [3.8, 4) is 5.75 Å². The smallest absolute Gasteiger partial charge is 0.319 e. The molecule has 0 atom stereocenters. The van der Waals surface area contributed by atoms with Crippen molar-refractivity contribution in [3.05, 3.63) is 59.7 Å². The Morgan fingerprint density at radius 3 is 2.62 bits per heavy atom. The van der Waals surface area contributed by atoms with Crippen LogP contribution in [0.15, 0.2) is 42.5 Å². The van der Waals surface area contributed by atoms with Gasteiger partial charge in [0.05, 0.1) is 6.54 Å². The van der Waals surface area contributed by atoms with Crippen LogP contribution in [0, 0.1) is 11.6 Å². The van der Waals surface area contributed by atoms with Crippen LogP contribution in [-0.4, -0.2) is 19.2 Å². The van der Waals surface area contributed by atoms with Gasteiger partial charge in [-0.3, -0.25) is 0 Å². The molecule has 0 bridgehead atoms. The third-order valence-electron chi connectivity index (χ3n) is 3.37. The van der Waals surface area contributed by atoms with Crippen LogP contribution in [-0.2, 0) is 0 Å². The third kappa shape index (κ3) is 4.94. The maximum Gasteiger partial charge on any atom is 0.319 e. The van der Waals surface area contributed by atoms with E-state index >= 15 is 0 Å². The van der Waals surface area contributed by atoms with Crippen LogP contribution in [0.5, 0.6) is 5.75 Å². The first kappa shape index (κ1) is 17.7. The highest BCUT2D eigenvalue weighted by molar-refractivity contribution is 5.90. The Kier molecular flexibility index (Phi) is 6.12. The molecule has 0 unspecified atom stereocenters. The van der Waals surface area contributed by atoms with Crippen LogP contribution in [0.4, 0.5) is 19.3 Å². The van der Waals surface area contributed by atoms with E-state index in [1.165, 1.54) is 6.07 Å². The first-order chi connectivity index (χ1) is 11.5. The van der Waals surface area contributed by atoms with E-state index in [1.807, 2.05) is 38.1 Å². The number of carbonyl (C=O) groups excluding carboxylic acids is 1. The molecule has 24 heavy (non-hydrogen) atoms. The molecule has 128 valence electrons. The van der Waals surface area contributed by atoms with Crippen molar-refractivity contribution in [1.82, 2.24) is 5.32 Å². The Hall–Kier alpha value is -2.63. The number of carbonyl (C=O) groups is 1. The van der Waals surface area contributed by atoms with Crippen molar-refractivity contribution >= 4 is 11.7 Å². The van der Waals surface area contributed by atoms with Crippen LogP contribution in [0.1, 0.15) is 25.3 Å². The van der Waals surface area contributed by atoms with Crippen molar-refractivity contribution in [2.75, 3.05) is 18.5 Å². The Morgan fingerprint density at radius 1 is 1.17 bits per heavy atom. The van der Waals surface area contributed by atoms with E-state index in [1.54, 1.807) is 0 Å². The summed E-state index contributed by atoms with van der Waals surface area (Å²) in [5.41, 5.74) is 1.78. The number of nitrogens with one attached hydrogen (secondary N) is 2. The maximum absolute atomic E-state index is 13.4. The van der Waals surface area contributed by atoms with Gasteiger partial charge in [-0.15, -0.1) is 0 Å². The quantitative estimate of drug-likeness (QED) is 0.774. The molecule has 0 aliphatic heterocycles. The Labute approximate surface area is 139 Å². The molecule has 0 fully saturated rings. The molecule has 0 saturated heterocycles. The highest BCUT2D eigenvalue weighted by Gasteiger charge is 2.09. The van der Waals surface area contributed by atoms with Gasteiger partial charge in [-0.2, -0.15) is 0 Å². The van der Waals surface area contributed by atoms with Crippen molar-refractivity contribution in [2.45, 2.75) is 19.8 Å². The minimum absolute atomic E-state index is 0.0521. The first-order valence-corrected chi connectivity index (χ1v) is 7.69. The lowest BCUT2D eigenvalue weighted by Crippen LogP contribution is -2.32. The summed E-state index contributed by atoms with van der Waals surface area (Å²) in [4.78, 5) is 11.9. The lowest BCUT2D eigenvalue weighted by atomic mass is 10.0. The molecule has 2 aromatic carbocycles. The molecule has 2 amide bonds. The number of benzene rings is 2. The molecule has 0 heterocycles. The largest absolute Gasteiger partial charge is 0.489 e. The maximum atomic E-state index is 13.4. The molecule has 0 spiro atoms. The second-order valence-electron chi connectivity index (χ2n) is 5.55. The molecule has 0 aliphatic carbocycles. The van der Waals surface area contributed by atoms with Crippen molar-refractivity contribution in [1.29, 1.82) is 0 Å². The predicted molar refractivity (Wildman–Crippen MR) is 89.4 cm³/mol. The van der Waals surface area contributed by atoms with Crippen LogP contribution in [0.2, 0.25) is 0 Å². The molecule has 4 nitrogen and oxygen atoms in total. The minimum atomic E-state index is -0.773. The summed E-state index contributed by atoms with van der Waals surface area (Å²) in [6.45, 7) is 4.35. The van der Waals surface area contributed by atoms with Crippen LogP contribution in [0.3, 0.4) is 0 Å². The number of anilines is 1. The summed E-state index contributed by atoms with van der Waals surface area (Å²) >= 11 is 0. The highest BCUT2D eigenvalue weighted by atomic mass is 19.1. The number of hydrogen-bond donors (Lipinski definition) is 2. The topological polar surface area (TPSA) is 50.4 Å². The molecule has 2 N–H and O–H groups in total. The van der Waals surface area contributed by atoms with Crippen LogP contribution >= 0.6 is 0 Å². The van der Waals surface area contributed by atoms with Crippen molar-refractivity contribution < 1.29 is 18.3 Å². The van der Waals surface area contributed by atoms with Gasteiger partial charge in [0.25, 0.3) is 0 Å². The Morgan fingerprint density at radius 2 is 1.92 bits per heavy atom. The van der Waals surface area contributed by atoms with Gasteiger partial charge in [-0.25, -0.2) is 13.6 Å². The number of amides is 2. The molecular weight excluding hydrogens is 314 g/mol. The van der Waals surface area contributed by atoms with Gasteiger partial charge in [0.2, 0.25) is 0 Å². The zero-order valence-corrected chi connectivity index (χ0v) is 13.6. The standard InChI is InChI=1S/C18H20F2N2O2/c1-12(2)14-5-3-4-6-16(14)22-18(23)21-9-10-24-17-8-7-13(19)11-15(17)20/h3-8,11-12H,9-10H2,1-2H3,(H2,21,22,23). The molecule has 0 saturated carbocycles. The number of rotatable bonds is 6. The summed E-state index contributed by atoms with van der Waals surface area (Å²) in [6.07, 6.45) is 0. The lowest BCUT2D eigenvalue weighted by Gasteiger charge is -2.14. The van der Waals surface area contributed by atoms with E-state index in [2.05, 4.69) is 10.6 Å². The number of ether oxygens (including phenoxy) is 1. The fourth-order valence-corrected chi connectivity index (χ4v) is 2.20. The fourth-order valence-electron chi connectivity index (χ4n) is 2.20. The minimum Gasteiger partial charge on any atom is -0.489 e. The summed E-state index contributed by atoms with van der Waals surface area (Å²) in [7, 11) is 0. The summed E-state index contributed by atoms with van der Waals surface area (Å²) < 4.78 is 31.3. The van der Waals surface area contributed by atoms with E-state index in [0.29, 0.717) is 0 Å². The Balaban J connectivity index is 1.80. The molecular formula is C18H20F2N2O2. The average Bonchev–Trinajstić information content (AvgIpc) is 2.53. The number of para-hydroxylation sites is 1. The first-order valence-electron chi connectivity index (χ1n) is 7.69. The summed E-state index contributed by atoms with van der Waals surface area (Å²) in [5.74, 6) is -1.21. The number of urea groups is 1. The van der Waals surface area contributed by atoms with Gasteiger partial charge in [0.15, 0.2) is 11.6 Å². The van der Waals surface area contributed by atoms with E-state index in [9.17, 15) is 13.6 Å². The zero-order chi connectivity index (χ0) is 17.5. The molecule has 0 aliphatic rings. The summed E-state index contributed by atoms with van der Waals surface area (Å²) in [5, 5.41) is 5.41. The monoisotopic (exact) mass is 334 g/mol. The summed E-state index contributed by atoms with van der Waals surface area (Å²) in [6, 6.07) is 10.3. The van der Waals surface area contributed by atoms with E-state index in [0.717, 1.165) is 23.4 Å². The highest BCUT2D eigenvalue weighted by Crippen LogP contribution is 2.23. The SMILES string of the molecule is CC(C)c1ccccc1NC(=O)NCCOc1ccc(F)cc1F. The van der Waals surface area contributed by atoms with Crippen LogP contribution in [0.25, 0.3) is 0 Å².